The third kappa shape index (κ3) is 5.66. The van der Waals surface area contributed by atoms with Crippen molar-refractivity contribution >= 4 is 46.6 Å². The maximum Gasteiger partial charge on any atom is 0.291 e. The summed E-state index contributed by atoms with van der Waals surface area (Å²) in [5, 5.41) is 5.61. The first kappa shape index (κ1) is 26.2. The third-order valence-electron chi connectivity index (χ3n) is 7.41. The highest BCUT2D eigenvalue weighted by Gasteiger charge is 2.30. The normalized spacial score (nSPS) is 17.0. The van der Waals surface area contributed by atoms with Crippen molar-refractivity contribution in [3.63, 3.8) is 0 Å². The number of rotatable bonds is 7. The molecule has 2 amide bonds. The summed E-state index contributed by atoms with van der Waals surface area (Å²) in [7, 11) is 2.14. The van der Waals surface area contributed by atoms with Gasteiger partial charge in [0.2, 0.25) is 5.91 Å². The van der Waals surface area contributed by atoms with Gasteiger partial charge in [0.25, 0.3) is 5.91 Å². The fraction of sp³-hybridized carbons (Fsp3) is 0.188. The van der Waals surface area contributed by atoms with Crippen LogP contribution in [0, 0.1) is 0 Å². The molecule has 9 heteroatoms. The van der Waals surface area contributed by atoms with Gasteiger partial charge in [-0.15, -0.1) is 0 Å². The van der Waals surface area contributed by atoms with Crippen molar-refractivity contribution in [2.75, 3.05) is 48.8 Å². The highest BCUT2D eigenvalue weighted by atomic mass is 16.3. The Morgan fingerprint density at radius 2 is 1.73 bits per heavy atom. The topological polar surface area (TPSA) is 107 Å². The maximum atomic E-state index is 13.3. The number of anilines is 3. The molecule has 0 saturated carbocycles. The molecular formula is C32H29N5O4. The number of hydrogen-bond acceptors (Lipinski definition) is 7. The van der Waals surface area contributed by atoms with Crippen molar-refractivity contribution in [2.45, 2.75) is 5.92 Å². The summed E-state index contributed by atoms with van der Waals surface area (Å²) in [5.41, 5.74) is 4.60. The molecule has 3 heterocycles. The largest absolute Gasteiger partial charge is 0.459 e. The average molecular weight is 548 g/mol. The number of ketones is 1. The smallest absolute Gasteiger partial charge is 0.291 e. The lowest BCUT2D eigenvalue weighted by atomic mass is 9.97. The van der Waals surface area contributed by atoms with Crippen LogP contribution in [0.3, 0.4) is 0 Å². The summed E-state index contributed by atoms with van der Waals surface area (Å²) in [6.45, 7) is 4.08. The molecule has 206 valence electrons. The van der Waals surface area contributed by atoms with E-state index in [0.717, 1.165) is 37.4 Å². The van der Waals surface area contributed by atoms with Gasteiger partial charge in [0.05, 0.1) is 12.0 Å². The Hall–Kier alpha value is -5.02. The SMILES string of the molecule is CN1CCN(c2ccc(N=CC3C(=O)Nc4cc(C(=O)c5cccc(NC(=O)c6ccco6)c5)ccc43)cc2)CC1. The van der Waals surface area contributed by atoms with Crippen LogP contribution in [0.1, 0.15) is 38.0 Å². The van der Waals surface area contributed by atoms with Crippen LogP contribution < -0.4 is 15.5 Å². The average Bonchev–Trinajstić information content (AvgIpc) is 3.64. The molecule has 2 aliphatic heterocycles. The van der Waals surface area contributed by atoms with Crippen LogP contribution in [-0.2, 0) is 4.79 Å². The van der Waals surface area contributed by atoms with E-state index in [0.29, 0.717) is 22.5 Å². The standard InChI is InChI=1S/C32H29N5O4/c1-36-13-15-37(16-14-36)25-10-8-23(9-11-25)33-20-27-26-12-7-22(19-28(26)35-31(27)39)30(38)21-4-2-5-24(18-21)34-32(40)29-6-3-17-41-29/h2-12,17-20,27H,13-16H2,1H3,(H,34,40)(H,35,39). The number of amides is 2. The fourth-order valence-corrected chi connectivity index (χ4v) is 5.06. The number of aliphatic imine (C=N–C) groups is 1. The number of likely N-dealkylation sites (N-methyl/N-ethyl adjacent to an activating group) is 1. The first-order valence-corrected chi connectivity index (χ1v) is 13.5. The summed E-state index contributed by atoms with van der Waals surface area (Å²) in [5.74, 6) is -1.19. The lowest BCUT2D eigenvalue weighted by molar-refractivity contribution is -0.115. The highest BCUT2D eigenvalue weighted by Crippen LogP contribution is 2.33. The monoisotopic (exact) mass is 547 g/mol. The Bertz CT molecular complexity index is 1620. The number of piperazine rings is 1. The molecule has 0 radical (unpaired) electrons. The second-order valence-corrected chi connectivity index (χ2v) is 10.2. The van der Waals surface area contributed by atoms with E-state index in [9.17, 15) is 14.4 Å². The first-order chi connectivity index (χ1) is 19.9. The number of hydrogen-bond donors (Lipinski definition) is 2. The van der Waals surface area contributed by atoms with Crippen molar-refractivity contribution in [2.24, 2.45) is 4.99 Å². The summed E-state index contributed by atoms with van der Waals surface area (Å²) in [4.78, 5) is 47.6. The summed E-state index contributed by atoms with van der Waals surface area (Å²) in [6, 6.07) is 23.1. The number of nitrogens with one attached hydrogen (secondary N) is 2. The van der Waals surface area contributed by atoms with E-state index in [2.05, 4.69) is 44.6 Å². The Labute approximate surface area is 237 Å². The minimum Gasteiger partial charge on any atom is -0.459 e. The fourth-order valence-electron chi connectivity index (χ4n) is 5.06. The number of carbonyl (C=O) groups is 3. The Morgan fingerprint density at radius 3 is 2.49 bits per heavy atom. The van der Waals surface area contributed by atoms with E-state index >= 15 is 0 Å². The second kappa shape index (κ2) is 11.2. The van der Waals surface area contributed by atoms with Crippen LogP contribution in [0.5, 0.6) is 0 Å². The molecule has 1 aromatic heterocycles. The van der Waals surface area contributed by atoms with Crippen molar-refractivity contribution < 1.29 is 18.8 Å². The van der Waals surface area contributed by atoms with E-state index in [1.54, 1.807) is 60.8 Å². The van der Waals surface area contributed by atoms with Crippen LogP contribution in [0.4, 0.5) is 22.7 Å². The molecule has 6 rings (SSSR count). The van der Waals surface area contributed by atoms with Gasteiger partial charge in [-0.2, -0.15) is 0 Å². The van der Waals surface area contributed by atoms with Gasteiger partial charge in [0.1, 0.15) is 5.92 Å². The predicted octanol–water partition coefficient (Wildman–Crippen LogP) is 4.95. The highest BCUT2D eigenvalue weighted by molar-refractivity contribution is 6.15. The lowest BCUT2D eigenvalue weighted by Gasteiger charge is -2.34. The maximum absolute atomic E-state index is 13.3. The molecule has 1 atom stereocenters. The van der Waals surface area contributed by atoms with Gasteiger partial charge in [-0.1, -0.05) is 24.3 Å². The zero-order valence-electron chi connectivity index (χ0n) is 22.5. The number of carbonyl (C=O) groups excluding carboxylic acids is 3. The van der Waals surface area contributed by atoms with Crippen LogP contribution in [0.2, 0.25) is 0 Å². The molecule has 2 aliphatic rings. The van der Waals surface area contributed by atoms with Crippen LogP contribution in [-0.4, -0.2) is 61.9 Å². The van der Waals surface area contributed by atoms with Crippen LogP contribution in [0.25, 0.3) is 0 Å². The van der Waals surface area contributed by atoms with Crippen molar-refractivity contribution in [1.29, 1.82) is 0 Å². The van der Waals surface area contributed by atoms with E-state index in [1.807, 2.05) is 12.1 Å². The molecule has 0 aliphatic carbocycles. The predicted molar refractivity (Wildman–Crippen MR) is 159 cm³/mol. The van der Waals surface area contributed by atoms with Gasteiger partial charge in [-0.25, -0.2) is 0 Å². The molecule has 1 fully saturated rings. The van der Waals surface area contributed by atoms with E-state index in [-0.39, 0.29) is 17.5 Å². The zero-order valence-corrected chi connectivity index (χ0v) is 22.5. The molecule has 1 saturated heterocycles. The minimum atomic E-state index is -0.549. The lowest BCUT2D eigenvalue weighted by Crippen LogP contribution is -2.44. The van der Waals surface area contributed by atoms with E-state index in [1.165, 1.54) is 12.0 Å². The molecule has 0 spiro atoms. The Balaban J connectivity index is 1.14. The van der Waals surface area contributed by atoms with Crippen molar-refractivity contribution in [3.8, 4) is 0 Å². The van der Waals surface area contributed by atoms with Crippen LogP contribution in [0.15, 0.2) is 94.5 Å². The third-order valence-corrected chi connectivity index (χ3v) is 7.41. The van der Waals surface area contributed by atoms with Gasteiger partial charge in [0, 0.05) is 60.6 Å². The number of nitrogens with zero attached hydrogens (tertiary/aromatic N) is 3. The number of benzene rings is 3. The van der Waals surface area contributed by atoms with Gasteiger partial charge < -0.3 is 24.9 Å². The Morgan fingerprint density at radius 1 is 0.951 bits per heavy atom. The summed E-state index contributed by atoms with van der Waals surface area (Å²) in [6.07, 6.45) is 3.07. The molecular weight excluding hydrogens is 518 g/mol. The molecule has 9 nitrogen and oxygen atoms in total. The molecule has 2 N–H and O–H groups in total. The first-order valence-electron chi connectivity index (χ1n) is 13.5. The quantitative estimate of drug-likeness (QED) is 0.250. The van der Waals surface area contributed by atoms with Crippen molar-refractivity contribution in [1.82, 2.24) is 4.90 Å². The summed E-state index contributed by atoms with van der Waals surface area (Å²) < 4.78 is 5.12. The number of furan rings is 1. The number of fused-ring (bicyclic) bond motifs is 1. The van der Waals surface area contributed by atoms with Gasteiger partial charge in [-0.05, 0) is 67.2 Å². The molecule has 1 unspecified atom stereocenters. The Kier molecular flexibility index (Phi) is 7.18. The molecule has 3 aromatic carbocycles. The summed E-state index contributed by atoms with van der Waals surface area (Å²) >= 11 is 0. The molecule has 41 heavy (non-hydrogen) atoms. The minimum absolute atomic E-state index is 0.178. The molecule has 0 bridgehead atoms. The van der Waals surface area contributed by atoms with Gasteiger partial charge in [-0.3, -0.25) is 19.4 Å². The van der Waals surface area contributed by atoms with E-state index in [4.69, 9.17) is 4.42 Å². The second-order valence-electron chi connectivity index (χ2n) is 10.2. The van der Waals surface area contributed by atoms with Gasteiger partial charge in [0.15, 0.2) is 11.5 Å². The zero-order chi connectivity index (χ0) is 28.3. The van der Waals surface area contributed by atoms with Crippen LogP contribution >= 0.6 is 0 Å². The van der Waals surface area contributed by atoms with Crippen molar-refractivity contribution in [3.05, 3.63) is 108 Å². The molecule has 4 aromatic rings. The van der Waals surface area contributed by atoms with E-state index < -0.39 is 11.8 Å². The van der Waals surface area contributed by atoms with Gasteiger partial charge >= 0.3 is 0 Å².